The van der Waals surface area contributed by atoms with E-state index in [-0.39, 0.29) is 6.61 Å². The van der Waals surface area contributed by atoms with Gasteiger partial charge in [0, 0.05) is 31.9 Å². The van der Waals surface area contributed by atoms with Crippen molar-refractivity contribution in [1.29, 1.82) is 0 Å². The number of carboxylic acids is 1. The van der Waals surface area contributed by atoms with E-state index in [9.17, 15) is 4.79 Å². The number of hydrogen-bond acceptors (Lipinski definition) is 4. The number of ether oxygens (including phenoxy) is 1. The van der Waals surface area contributed by atoms with Crippen LogP contribution in [0.2, 0.25) is 0 Å². The SMILES string of the molecule is O=C(O)COCCN1CCN2c3ccccc3Cc3ccccc3C2C1. The first kappa shape index (κ1) is 17.1. The van der Waals surface area contributed by atoms with Gasteiger partial charge in [0.25, 0.3) is 0 Å². The molecule has 5 heteroatoms. The Hall–Kier alpha value is -2.37. The van der Waals surface area contributed by atoms with Gasteiger partial charge in [-0.05, 0) is 29.2 Å². The van der Waals surface area contributed by atoms with Gasteiger partial charge in [0.15, 0.2) is 0 Å². The van der Waals surface area contributed by atoms with Gasteiger partial charge in [0.05, 0.1) is 12.6 Å². The minimum atomic E-state index is -0.913. The second-order valence-electron chi connectivity index (χ2n) is 6.96. The number of piperazine rings is 1. The molecule has 1 atom stereocenters. The van der Waals surface area contributed by atoms with Crippen molar-refractivity contribution in [1.82, 2.24) is 4.90 Å². The Kier molecular flexibility index (Phi) is 4.91. The van der Waals surface area contributed by atoms with E-state index in [1.165, 1.54) is 22.4 Å². The van der Waals surface area contributed by atoms with E-state index in [1.54, 1.807) is 0 Å². The molecular weight excluding hydrogens is 328 g/mol. The number of carbonyl (C=O) groups is 1. The highest BCUT2D eigenvalue weighted by atomic mass is 16.5. The summed E-state index contributed by atoms with van der Waals surface area (Å²) in [6.45, 7) is 3.86. The van der Waals surface area contributed by atoms with Gasteiger partial charge < -0.3 is 14.7 Å². The van der Waals surface area contributed by atoms with Crippen LogP contribution in [0.3, 0.4) is 0 Å². The summed E-state index contributed by atoms with van der Waals surface area (Å²) in [5.41, 5.74) is 5.53. The predicted molar refractivity (Wildman–Crippen MR) is 101 cm³/mol. The summed E-state index contributed by atoms with van der Waals surface area (Å²) in [5, 5.41) is 8.69. The number of aliphatic carboxylic acids is 1. The fraction of sp³-hybridized carbons (Fsp3) is 0.381. The molecule has 1 unspecified atom stereocenters. The second kappa shape index (κ2) is 7.48. The molecular formula is C21H24N2O3. The monoisotopic (exact) mass is 352 g/mol. The topological polar surface area (TPSA) is 53.0 Å². The van der Waals surface area contributed by atoms with Crippen molar-refractivity contribution in [2.75, 3.05) is 44.3 Å². The third-order valence-electron chi connectivity index (χ3n) is 5.34. The minimum absolute atomic E-state index is 0.223. The van der Waals surface area contributed by atoms with Gasteiger partial charge in [0.1, 0.15) is 6.61 Å². The fourth-order valence-electron chi connectivity index (χ4n) is 4.12. The minimum Gasteiger partial charge on any atom is -0.480 e. The summed E-state index contributed by atoms with van der Waals surface area (Å²) in [5.74, 6) is -0.913. The third kappa shape index (κ3) is 3.45. The average molecular weight is 352 g/mol. The average Bonchev–Trinajstić information content (AvgIpc) is 2.79. The van der Waals surface area contributed by atoms with E-state index in [1.807, 2.05) is 0 Å². The van der Waals surface area contributed by atoms with Crippen molar-refractivity contribution in [2.45, 2.75) is 12.5 Å². The Bertz CT molecular complexity index is 792. The third-order valence-corrected chi connectivity index (χ3v) is 5.34. The summed E-state index contributed by atoms with van der Waals surface area (Å²) in [7, 11) is 0. The first-order chi connectivity index (χ1) is 12.7. The number of benzene rings is 2. The van der Waals surface area contributed by atoms with Gasteiger partial charge in [-0.15, -0.1) is 0 Å². The summed E-state index contributed by atoms with van der Waals surface area (Å²) in [6.07, 6.45) is 0.973. The second-order valence-corrected chi connectivity index (χ2v) is 6.96. The zero-order chi connectivity index (χ0) is 17.9. The molecule has 0 bridgehead atoms. The van der Waals surface area contributed by atoms with E-state index >= 15 is 0 Å². The summed E-state index contributed by atoms with van der Waals surface area (Å²) in [6, 6.07) is 17.8. The van der Waals surface area contributed by atoms with Crippen LogP contribution in [0, 0.1) is 0 Å². The van der Waals surface area contributed by atoms with Crippen LogP contribution in [0.4, 0.5) is 5.69 Å². The highest BCUT2D eigenvalue weighted by Gasteiger charge is 2.32. The van der Waals surface area contributed by atoms with E-state index in [0.717, 1.165) is 32.6 Å². The number of rotatable bonds is 5. The summed E-state index contributed by atoms with van der Waals surface area (Å²) in [4.78, 5) is 15.5. The number of hydrogen-bond donors (Lipinski definition) is 1. The zero-order valence-electron chi connectivity index (χ0n) is 14.8. The Morgan fingerprint density at radius 2 is 1.85 bits per heavy atom. The van der Waals surface area contributed by atoms with Crippen molar-refractivity contribution >= 4 is 11.7 Å². The van der Waals surface area contributed by atoms with E-state index < -0.39 is 5.97 Å². The van der Waals surface area contributed by atoms with Gasteiger partial charge in [-0.1, -0.05) is 42.5 Å². The zero-order valence-corrected chi connectivity index (χ0v) is 14.8. The molecule has 4 rings (SSSR count). The molecule has 5 nitrogen and oxygen atoms in total. The molecule has 2 aromatic carbocycles. The number of anilines is 1. The Morgan fingerprint density at radius 1 is 1.08 bits per heavy atom. The molecule has 2 heterocycles. The molecule has 2 aromatic rings. The first-order valence-electron chi connectivity index (χ1n) is 9.16. The standard InChI is InChI=1S/C21H24N2O3/c24-21(25)15-26-12-11-22-9-10-23-19-8-4-2-6-17(19)13-16-5-1-3-7-18(16)20(23)14-22/h1-8,20H,9-15H2,(H,24,25). The van der Waals surface area contributed by atoms with Crippen LogP contribution in [0.1, 0.15) is 22.7 Å². The van der Waals surface area contributed by atoms with Crippen LogP contribution in [0.15, 0.2) is 48.5 Å². The highest BCUT2D eigenvalue weighted by molar-refractivity contribution is 5.68. The first-order valence-corrected chi connectivity index (χ1v) is 9.16. The van der Waals surface area contributed by atoms with Crippen molar-refractivity contribution in [3.05, 3.63) is 65.2 Å². The van der Waals surface area contributed by atoms with Gasteiger partial charge in [-0.2, -0.15) is 0 Å². The Labute approximate surface area is 153 Å². The lowest BCUT2D eigenvalue weighted by atomic mass is 9.96. The van der Waals surface area contributed by atoms with Crippen LogP contribution in [0.25, 0.3) is 0 Å². The van der Waals surface area contributed by atoms with Crippen molar-refractivity contribution in [2.24, 2.45) is 0 Å². The lowest BCUT2D eigenvalue weighted by Gasteiger charge is -2.43. The Morgan fingerprint density at radius 3 is 2.69 bits per heavy atom. The number of carboxylic acid groups (broad SMARTS) is 1. The van der Waals surface area contributed by atoms with Crippen molar-refractivity contribution < 1.29 is 14.6 Å². The summed E-state index contributed by atoms with van der Waals surface area (Å²) >= 11 is 0. The maximum absolute atomic E-state index is 10.6. The van der Waals surface area contributed by atoms with Crippen LogP contribution < -0.4 is 4.90 Å². The van der Waals surface area contributed by atoms with Gasteiger partial charge in [-0.3, -0.25) is 4.90 Å². The fourth-order valence-corrected chi connectivity index (χ4v) is 4.12. The molecule has 0 aliphatic carbocycles. The quantitative estimate of drug-likeness (QED) is 0.838. The molecule has 0 amide bonds. The summed E-state index contributed by atoms with van der Waals surface area (Å²) < 4.78 is 5.23. The molecule has 2 aliphatic rings. The molecule has 0 saturated carbocycles. The smallest absolute Gasteiger partial charge is 0.329 e. The van der Waals surface area contributed by atoms with Crippen LogP contribution in [0.5, 0.6) is 0 Å². The molecule has 0 aromatic heterocycles. The van der Waals surface area contributed by atoms with E-state index in [2.05, 4.69) is 58.3 Å². The number of para-hydroxylation sites is 1. The molecule has 26 heavy (non-hydrogen) atoms. The van der Waals surface area contributed by atoms with Gasteiger partial charge in [-0.25, -0.2) is 4.79 Å². The Balaban J connectivity index is 1.55. The lowest BCUT2D eigenvalue weighted by molar-refractivity contribution is -0.142. The van der Waals surface area contributed by atoms with Crippen molar-refractivity contribution in [3.8, 4) is 0 Å². The molecule has 0 radical (unpaired) electrons. The number of nitrogens with zero attached hydrogens (tertiary/aromatic N) is 2. The molecule has 1 saturated heterocycles. The van der Waals surface area contributed by atoms with Gasteiger partial charge in [0.2, 0.25) is 0 Å². The largest absolute Gasteiger partial charge is 0.480 e. The predicted octanol–water partition coefficient (Wildman–Crippen LogP) is 2.56. The molecule has 2 aliphatic heterocycles. The maximum Gasteiger partial charge on any atom is 0.329 e. The maximum atomic E-state index is 10.6. The highest BCUT2D eigenvalue weighted by Crippen LogP contribution is 2.38. The normalized spacial score (nSPS) is 19.2. The van der Waals surface area contributed by atoms with E-state index in [4.69, 9.17) is 9.84 Å². The van der Waals surface area contributed by atoms with Crippen LogP contribution in [-0.2, 0) is 16.0 Å². The lowest BCUT2D eigenvalue weighted by Crippen LogP contribution is -2.49. The van der Waals surface area contributed by atoms with Crippen molar-refractivity contribution in [3.63, 3.8) is 0 Å². The van der Waals surface area contributed by atoms with Crippen LogP contribution >= 0.6 is 0 Å². The number of fused-ring (bicyclic) bond motifs is 5. The molecule has 136 valence electrons. The van der Waals surface area contributed by atoms with E-state index in [0.29, 0.717) is 12.6 Å². The van der Waals surface area contributed by atoms with Gasteiger partial charge >= 0.3 is 5.97 Å². The van der Waals surface area contributed by atoms with Crippen LogP contribution in [-0.4, -0.2) is 55.4 Å². The molecule has 1 fully saturated rings. The molecule has 0 spiro atoms. The molecule has 1 N–H and O–H groups in total.